The Hall–Kier alpha value is -2.90. The molecule has 0 spiro atoms. The van der Waals surface area contributed by atoms with Crippen molar-refractivity contribution >= 4 is 11.9 Å². The number of amides is 1. The number of nitrogens with one attached hydrogen (secondary N) is 1. The molecule has 0 aliphatic carbocycles. The second-order valence-corrected chi connectivity index (χ2v) is 4.42. The third-order valence-corrected chi connectivity index (χ3v) is 2.78. The van der Waals surface area contributed by atoms with E-state index >= 15 is 0 Å². The van der Waals surface area contributed by atoms with Crippen molar-refractivity contribution in [2.75, 3.05) is 0 Å². The van der Waals surface area contributed by atoms with Crippen LogP contribution in [0.5, 0.6) is 5.75 Å². The number of carboxylic acid groups (broad SMARTS) is 1. The van der Waals surface area contributed by atoms with E-state index in [9.17, 15) is 14.7 Å². The van der Waals surface area contributed by atoms with Gasteiger partial charge in [0.15, 0.2) is 0 Å². The lowest BCUT2D eigenvalue weighted by Gasteiger charge is -2.14. The van der Waals surface area contributed by atoms with Crippen LogP contribution >= 0.6 is 0 Å². The molecule has 8 nitrogen and oxygen atoms in total. The van der Waals surface area contributed by atoms with Gasteiger partial charge in [-0.05, 0) is 17.7 Å². The Labute approximate surface area is 120 Å². The van der Waals surface area contributed by atoms with Crippen LogP contribution in [0, 0.1) is 0 Å². The molecule has 1 heterocycles. The number of benzene rings is 1. The summed E-state index contributed by atoms with van der Waals surface area (Å²) < 4.78 is 1.30. The standard InChI is InChI=1S/C13H14N4O4/c18-10-3-1-9(2-4-10)5-11(13(20)21)16-12(19)6-17-8-14-7-15-17/h1-4,7-8,11,18H,5-6H2,(H,16,19)(H,20,21). The van der Waals surface area contributed by atoms with Crippen LogP contribution in [0.4, 0.5) is 0 Å². The second kappa shape index (κ2) is 6.51. The Balaban J connectivity index is 1.97. The predicted octanol–water partition coefficient (Wildman–Crippen LogP) is -0.204. The molecule has 8 heteroatoms. The first kappa shape index (κ1) is 14.5. The third-order valence-electron chi connectivity index (χ3n) is 2.78. The lowest BCUT2D eigenvalue weighted by molar-refractivity contribution is -0.141. The van der Waals surface area contributed by atoms with Gasteiger partial charge in [-0.15, -0.1) is 0 Å². The van der Waals surface area contributed by atoms with Gasteiger partial charge < -0.3 is 15.5 Å². The van der Waals surface area contributed by atoms with E-state index in [0.29, 0.717) is 5.56 Å². The number of phenolic OH excluding ortho intramolecular Hbond substituents is 1. The molecule has 1 aromatic carbocycles. The highest BCUT2D eigenvalue weighted by Crippen LogP contribution is 2.11. The Bertz CT molecular complexity index is 610. The van der Waals surface area contributed by atoms with Crippen LogP contribution in [-0.2, 0) is 22.6 Å². The van der Waals surface area contributed by atoms with Gasteiger partial charge in [0, 0.05) is 6.42 Å². The zero-order chi connectivity index (χ0) is 15.2. The first-order valence-corrected chi connectivity index (χ1v) is 6.17. The molecule has 2 rings (SSSR count). The number of nitrogens with zero attached hydrogens (tertiary/aromatic N) is 3. The quantitative estimate of drug-likeness (QED) is 0.678. The molecule has 0 saturated carbocycles. The molecule has 110 valence electrons. The van der Waals surface area contributed by atoms with Crippen LogP contribution < -0.4 is 5.32 Å². The number of rotatable bonds is 6. The molecule has 1 amide bonds. The van der Waals surface area contributed by atoms with E-state index in [1.807, 2.05) is 0 Å². The minimum atomic E-state index is -1.13. The smallest absolute Gasteiger partial charge is 0.326 e. The van der Waals surface area contributed by atoms with Crippen molar-refractivity contribution in [2.45, 2.75) is 19.0 Å². The maximum atomic E-state index is 11.8. The number of aromatic nitrogens is 3. The third kappa shape index (κ3) is 4.30. The van der Waals surface area contributed by atoms with Gasteiger partial charge in [0.25, 0.3) is 0 Å². The van der Waals surface area contributed by atoms with Crippen molar-refractivity contribution in [3.05, 3.63) is 42.5 Å². The van der Waals surface area contributed by atoms with Crippen molar-refractivity contribution in [3.8, 4) is 5.75 Å². The number of aliphatic carboxylic acids is 1. The fraction of sp³-hybridized carbons (Fsp3) is 0.231. The molecule has 2 aromatic rings. The Morgan fingerprint density at radius 2 is 2.00 bits per heavy atom. The first-order valence-electron chi connectivity index (χ1n) is 6.17. The Kier molecular flexibility index (Phi) is 4.50. The molecule has 3 N–H and O–H groups in total. The monoisotopic (exact) mass is 290 g/mol. The maximum Gasteiger partial charge on any atom is 0.326 e. The van der Waals surface area contributed by atoms with Crippen LogP contribution in [0.25, 0.3) is 0 Å². The molecule has 1 aromatic heterocycles. The summed E-state index contributed by atoms with van der Waals surface area (Å²) in [7, 11) is 0. The van der Waals surface area contributed by atoms with Crippen LogP contribution in [0.1, 0.15) is 5.56 Å². The van der Waals surface area contributed by atoms with Gasteiger partial charge >= 0.3 is 5.97 Å². The summed E-state index contributed by atoms with van der Waals surface area (Å²) in [4.78, 5) is 26.7. The van der Waals surface area contributed by atoms with Gasteiger partial charge in [-0.25, -0.2) is 14.5 Å². The molecular weight excluding hydrogens is 276 g/mol. The van der Waals surface area contributed by atoms with Gasteiger partial charge in [0.2, 0.25) is 5.91 Å². The number of carbonyl (C=O) groups is 2. The zero-order valence-electron chi connectivity index (χ0n) is 11.0. The first-order chi connectivity index (χ1) is 10.0. The van der Waals surface area contributed by atoms with Gasteiger partial charge in [-0.2, -0.15) is 5.10 Å². The molecule has 0 aliphatic rings. The highest BCUT2D eigenvalue weighted by Gasteiger charge is 2.20. The molecule has 1 atom stereocenters. The average molecular weight is 290 g/mol. The summed E-state index contributed by atoms with van der Waals surface area (Å²) in [6, 6.07) is 5.09. The van der Waals surface area contributed by atoms with E-state index < -0.39 is 17.9 Å². The van der Waals surface area contributed by atoms with Crippen LogP contribution in [0.15, 0.2) is 36.9 Å². The summed E-state index contributed by atoms with van der Waals surface area (Å²) in [5.74, 6) is -1.50. The van der Waals surface area contributed by atoms with E-state index in [1.54, 1.807) is 12.1 Å². The van der Waals surface area contributed by atoms with Crippen molar-refractivity contribution in [2.24, 2.45) is 0 Å². The summed E-state index contributed by atoms with van der Waals surface area (Å²) in [6.07, 6.45) is 2.78. The molecule has 0 fully saturated rings. The number of carbonyl (C=O) groups excluding carboxylic acids is 1. The highest BCUT2D eigenvalue weighted by atomic mass is 16.4. The molecule has 0 radical (unpaired) electrons. The summed E-state index contributed by atoms with van der Waals surface area (Å²) in [5.41, 5.74) is 0.696. The minimum absolute atomic E-state index is 0.0979. The fourth-order valence-corrected chi connectivity index (χ4v) is 1.77. The molecule has 0 aliphatic heterocycles. The Morgan fingerprint density at radius 3 is 2.57 bits per heavy atom. The number of phenols is 1. The predicted molar refractivity (Wildman–Crippen MR) is 71.4 cm³/mol. The van der Waals surface area contributed by atoms with Crippen molar-refractivity contribution in [1.82, 2.24) is 20.1 Å². The summed E-state index contributed by atoms with van der Waals surface area (Å²) >= 11 is 0. The van der Waals surface area contributed by atoms with Crippen LogP contribution in [0.2, 0.25) is 0 Å². The van der Waals surface area contributed by atoms with E-state index in [-0.39, 0.29) is 18.7 Å². The van der Waals surface area contributed by atoms with Gasteiger partial charge in [-0.3, -0.25) is 4.79 Å². The van der Waals surface area contributed by atoms with Crippen LogP contribution in [-0.4, -0.2) is 42.9 Å². The van der Waals surface area contributed by atoms with Gasteiger partial charge in [0.05, 0.1) is 0 Å². The van der Waals surface area contributed by atoms with E-state index in [0.717, 1.165) is 0 Å². The summed E-state index contributed by atoms with van der Waals surface area (Å²) in [5, 5.41) is 24.6. The number of aromatic hydroxyl groups is 1. The van der Waals surface area contributed by atoms with E-state index in [1.165, 1.54) is 29.5 Å². The Morgan fingerprint density at radius 1 is 1.29 bits per heavy atom. The number of hydrogen-bond donors (Lipinski definition) is 3. The van der Waals surface area contributed by atoms with Crippen molar-refractivity contribution < 1.29 is 19.8 Å². The topological polar surface area (TPSA) is 117 Å². The van der Waals surface area contributed by atoms with E-state index in [4.69, 9.17) is 5.11 Å². The maximum absolute atomic E-state index is 11.8. The minimum Gasteiger partial charge on any atom is -0.508 e. The van der Waals surface area contributed by atoms with Gasteiger partial charge in [-0.1, -0.05) is 12.1 Å². The largest absolute Gasteiger partial charge is 0.508 e. The van der Waals surface area contributed by atoms with Crippen molar-refractivity contribution in [1.29, 1.82) is 0 Å². The second-order valence-electron chi connectivity index (χ2n) is 4.42. The molecule has 0 saturated heterocycles. The SMILES string of the molecule is O=C(Cn1cncn1)NC(Cc1ccc(O)cc1)C(=O)O. The van der Waals surface area contributed by atoms with E-state index in [2.05, 4.69) is 15.4 Å². The summed E-state index contributed by atoms with van der Waals surface area (Å²) in [6.45, 7) is -0.0979. The fourth-order valence-electron chi connectivity index (χ4n) is 1.77. The lowest BCUT2D eigenvalue weighted by Crippen LogP contribution is -2.43. The van der Waals surface area contributed by atoms with Gasteiger partial charge in [0.1, 0.15) is 31.0 Å². The highest BCUT2D eigenvalue weighted by molar-refractivity contribution is 5.83. The average Bonchev–Trinajstić information content (AvgIpc) is 2.93. The molecular formula is C13H14N4O4. The molecule has 21 heavy (non-hydrogen) atoms. The number of hydrogen-bond acceptors (Lipinski definition) is 5. The molecule has 1 unspecified atom stereocenters. The lowest BCUT2D eigenvalue weighted by atomic mass is 10.1. The zero-order valence-corrected chi connectivity index (χ0v) is 11.0. The van der Waals surface area contributed by atoms with Crippen LogP contribution in [0.3, 0.4) is 0 Å². The number of carboxylic acids is 1. The van der Waals surface area contributed by atoms with Crippen molar-refractivity contribution in [3.63, 3.8) is 0 Å². The normalized spacial score (nSPS) is 11.8. The molecule has 0 bridgehead atoms.